The van der Waals surface area contributed by atoms with Gasteiger partial charge in [0.05, 0.1) is 5.60 Å². The third-order valence-corrected chi connectivity index (χ3v) is 1.87. The van der Waals surface area contributed by atoms with Crippen molar-refractivity contribution in [1.29, 1.82) is 0 Å². The number of hydrogen-bond acceptors (Lipinski definition) is 3. The van der Waals surface area contributed by atoms with E-state index in [0.717, 1.165) is 0 Å². The van der Waals surface area contributed by atoms with Gasteiger partial charge in [-0.2, -0.15) is 0 Å². The van der Waals surface area contributed by atoms with E-state index >= 15 is 0 Å². The minimum Gasteiger partial charge on any atom is -0.451 e. The Morgan fingerprint density at radius 1 is 1.23 bits per heavy atom. The third kappa shape index (κ3) is 2.70. The van der Waals surface area contributed by atoms with Crippen LogP contribution in [0.25, 0.3) is 0 Å². The Morgan fingerprint density at radius 2 is 1.69 bits per heavy atom. The highest BCUT2D eigenvalue weighted by Crippen LogP contribution is 2.24. The van der Waals surface area contributed by atoms with Gasteiger partial charge in [0.1, 0.15) is 5.60 Å². The zero-order valence-corrected chi connectivity index (χ0v) is 8.07. The summed E-state index contributed by atoms with van der Waals surface area (Å²) >= 11 is 0. The summed E-state index contributed by atoms with van der Waals surface area (Å²) in [6.07, 6.45) is 6.56. The van der Waals surface area contributed by atoms with Crippen LogP contribution in [0, 0.1) is 0 Å². The maximum absolute atomic E-state index is 10.7. The summed E-state index contributed by atoms with van der Waals surface area (Å²) in [4.78, 5) is 10.7. The van der Waals surface area contributed by atoms with Crippen LogP contribution in [-0.2, 0) is 9.53 Å². The zero-order chi connectivity index (χ0) is 10.1. The molecule has 0 amide bonds. The zero-order valence-electron chi connectivity index (χ0n) is 8.07. The molecule has 0 saturated carbocycles. The summed E-state index contributed by atoms with van der Waals surface area (Å²) in [6.45, 7) is 4.78. The molecular weight excluding hydrogens is 168 g/mol. The van der Waals surface area contributed by atoms with E-state index < -0.39 is 11.2 Å². The van der Waals surface area contributed by atoms with Gasteiger partial charge < -0.3 is 9.84 Å². The van der Waals surface area contributed by atoms with Gasteiger partial charge in [0.15, 0.2) is 0 Å². The van der Waals surface area contributed by atoms with Crippen LogP contribution in [0.1, 0.15) is 20.8 Å². The molecule has 0 aliphatic heterocycles. The Labute approximate surface area is 77.7 Å². The lowest BCUT2D eigenvalue weighted by Crippen LogP contribution is -2.32. The molecule has 1 aliphatic rings. The van der Waals surface area contributed by atoms with Gasteiger partial charge in [0.2, 0.25) is 0 Å². The predicted octanol–water partition coefficient (Wildman–Crippen LogP) is 1.19. The molecule has 0 fully saturated rings. The fourth-order valence-corrected chi connectivity index (χ4v) is 1.16. The van der Waals surface area contributed by atoms with Gasteiger partial charge >= 0.3 is 5.97 Å². The standard InChI is InChI=1S/C10H14O3/c1-8(11)13-10(3)6-4-9(2,12)5-7-10/h4-7,12H,1-3H3. The second-order valence-corrected chi connectivity index (χ2v) is 3.67. The molecule has 1 rings (SSSR count). The van der Waals surface area contributed by atoms with Gasteiger partial charge in [0, 0.05) is 6.92 Å². The van der Waals surface area contributed by atoms with Crippen LogP contribution in [-0.4, -0.2) is 22.3 Å². The van der Waals surface area contributed by atoms with E-state index in [1.165, 1.54) is 6.92 Å². The van der Waals surface area contributed by atoms with Crippen LogP contribution in [0.4, 0.5) is 0 Å². The van der Waals surface area contributed by atoms with Gasteiger partial charge in [-0.05, 0) is 38.2 Å². The number of carbonyl (C=O) groups is 1. The Hall–Kier alpha value is -1.09. The van der Waals surface area contributed by atoms with E-state index in [9.17, 15) is 9.90 Å². The molecule has 0 aromatic carbocycles. The van der Waals surface area contributed by atoms with Crippen molar-refractivity contribution in [3.63, 3.8) is 0 Å². The summed E-state index contributed by atoms with van der Waals surface area (Å²) in [5.41, 5.74) is -1.65. The van der Waals surface area contributed by atoms with Crippen molar-refractivity contribution in [2.75, 3.05) is 0 Å². The Morgan fingerprint density at radius 3 is 2.08 bits per heavy atom. The first-order valence-corrected chi connectivity index (χ1v) is 4.16. The molecule has 3 heteroatoms. The summed E-state index contributed by atoms with van der Waals surface area (Å²) < 4.78 is 5.05. The normalized spacial score (nSPS) is 37.5. The van der Waals surface area contributed by atoms with Gasteiger partial charge in [0.25, 0.3) is 0 Å². The fourth-order valence-electron chi connectivity index (χ4n) is 1.16. The minimum atomic E-state index is -0.931. The number of ether oxygens (including phenoxy) is 1. The van der Waals surface area contributed by atoms with Crippen LogP contribution in [0.15, 0.2) is 24.3 Å². The van der Waals surface area contributed by atoms with Crippen LogP contribution >= 0.6 is 0 Å². The largest absolute Gasteiger partial charge is 0.451 e. The lowest BCUT2D eigenvalue weighted by atomic mass is 9.92. The van der Waals surface area contributed by atoms with Crippen LogP contribution in [0.5, 0.6) is 0 Å². The topological polar surface area (TPSA) is 46.5 Å². The first kappa shape index (κ1) is 9.99. The first-order chi connectivity index (χ1) is 5.83. The summed E-state index contributed by atoms with van der Waals surface area (Å²) in [6, 6.07) is 0. The minimum absolute atomic E-state index is 0.335. The molecule has 0 bridgehead atoms. The highest BCUT2D eigenvalue weighted by Gasteiger charge is 2.27. The quantitative estimate of drug-likeness (QED) is 0.489. The maximum Gasteiger partial charge on any atom is 0.303 e. The van der Waals surface area contributed by atoms with Crippen molar-refractivity contribution >= 4 is 5.97 Å². The molecule has 3 nitrogen and oxygen atoms in total. The Bertz CT molecular complexity index is 258. The molecule has 0 radical (unpaired) electrons. The average Bonchev–Trinajstić information content (AvgIpc) is 1.95. The second-order valence-electron chi connectivity index (χ2n) is 3.67. The molecule has 0 heterocycles. The van der Waals surface area contributed by atoms with Gasteiger partial charge in [-0.1, -0.05) is 0 Å². The number of rotatable bonds is 1. The fraction of sp³-hybridized carbons (Fsp3) is 0.500. The maximum atomic E-state index is 10.7. The molecule has 0 atom stereocenters. The average molecular weight is 182 g/mol. The smallest absolute Gasteiger partial charge is 0.303 e. The molecule has 1 aliphatic carbocycles. The molecule has 0 spiro atoms. The monoisotopic (exact) mass is 182 g/mol. The highest BCUT2D eigenvalue weighted by molar-refractivity contribution is 5.67. The number of carbonyl (C=O) groups excluding carboxylic acids is 1. The van der Waals surface area contributed by atoms with Crippen LogP contribution in [0.3, 0.4) is 0 Å². The lowest BCUT2D eigenvalue weighted by molar-refractivity contribution is -0.147. The third-order valence-electron chi connectivity index (χ3n) is 1.87. The van der Waals surface area contributed by atoms with Crippen LogP contribution in [0.2, 0.25) is 0 Å². The molecule has 0 aromatic heterocycles. The van der Waals surface area contributed by atoms with E-state index in [-0.39, 0.29) is 5.97 Å². The lowest BCUT2D eigenvalue weighted by Gasteiger charge is -2.28. The van der Waals surface area contributed by atoms with E-state index in [0.29, 0.717) is 0 Å². The highest BCUT2D eigenvalue weighted by atomic mass is 16.6. The van der Waals surface area contributed by atoms with Crippen molar-refractivity contribution < 1.29 is 14.6 Å². The van der Waals surface area contributed by atoms with Crippen molar-refractivity contribution in [1.82, 2.24) is 0 Å². The van der Waals surface area contributed by atoms with Crippen molar-refractivity contribution in [3.8, 4) is 0 Å². The number of hydrogen-bond donors (Lipinski definition) is 1. The molecule has 0 saturated heterocycles. The Balaban J connectivity index is 2.77. The molecule has 0 aromatic rings. The first-order valence-electron chi connectivity index (χ1n) is 4.16. The van der Waals surface area contributed by atoms with Crippen molar-refractivity contribution in [2.45, 2.75) is 32.0 Å². The predicted molar refractivity (Wildman–Crippen MR) is 49.1 cm³/mol. The molecule has 72 valence electrons. The number of esters is 1. The van der Waals surface area contributed by atoms with E-state index in [4.69, 9.17) is 4.74 Å². The molecule has 1 N–H and O–H groups in total. The Kier molecular flexibility index (Phi) is 2.30. The van der Waals surface area contributed by atoms with Gasteiger partial charge in [-0.15, -0.1) is 0 Å². The molecular formula is C10H14O3. The summed E-state index contributed by atoms with van der Waals surface area (Å²) in [5.74, 6) is -0.335. The SMILES string of the molecule is CC(=O)OC1(C)C=CC(C)(O)C=C1. The summed E-state index contributed by atoms with van der Waals surface area (Å²) in [5, 5.41) is 9.53. The summed E-state index contributed by atoms with van der Waals surface area (Å²) in [7, 11) is 0. The van der Waals surface area contributed by atoms with E-state index in [2.05, 4.69) is 0 Å². The molecule has 13 heavy (non-hydrogen) atoms. The number of aliphatic hydroxyl groups is 1. The van der Waals surface area contributed by atoms with Crippen molar-refractivity contribution in [3.05, 3.63) is 24.3 Å². The second kappa shape index (κ2) is 3.00. The van der Waals surface area contributed by atoms with Gasteiger partial charge in [-0.25, -0.2) is 0 Å². The van der Waals surface area contributed by atoms with Gasteiger partial charge in [-0.3, -0.25) is 4.79 Å². The van der Waals surface area contributed by atoms with E-state index in [1.807, 2.05) is 0 Å². The van der Waals surface area contributed by atoms with Crippen LogP contribution < -0.4 is 0 Å². The van der Waals surface area contributed by atoms with Crippen molar-refractivity contribution in [2.24, 2.45) is 0 Å². The van der Waals surface area contributed by atoms with E-state index in [1.54, 1.807) is 38.2 Å². The molecule has 0 unspecified atom stereocenters.